The Labute approximate surface area is 150 Å². The second kappa shape index (κ2) is 8.22. The zero-order chi connectivity index (χ0) is 17.6. The molecule has 0 saturated carbocycles. The Morgan fingerprint density at radius 3 is 2.72 bits per heavy atom. The van der Waals surface area contributed by atoms with Crippen molar-refractivity contribution in [3.8, 4) is 0 Å². The third-order valence-electron chi connectivity index (χ3n) is 4.16. The van der Waals surface area contributed by atoms with Crippen molar-refractivity contribution in [2.24, 2.45) is 0 Å². The number of nitrogens with one attached hydrogen (secondary N) is 1. The lowest BCUT2D eigenvalue weighted by atomic mass is 10.3. The summed E-state index contributed by atoms with van der Waals surface area (Å²) in [5.41, 5.74) is 0.910. The van der Waals surface area contributed by atoms with Gasteiger partial charge in [-0.25, -0.2) is 4.39 Å². The number of rotatable bonds is 4. The maximum absolute atomic E-state index is 13.6. The van der Waals surface area contributed by atoms with Crippen LogP contribution in [0.4, 0.5) is 10.1 Å². The van der Waals surface area contributed by atoms with Crippen molar-refractivity contribution in [2.75, 3.05) is 38.0 Å². The lowest BCUT2D eigenvalue weighted by Crippen LogP contribution is -2.38. The first-order valence-corrected chi connectivity index (χ1v) is 9.16. The molecule has 2 amide bonds. The molecule has 1 saturated heterocycles. The van der Waals surface area contributed by atoms with Gasteiger partial charge in [-0.15, -0.1) is 0 Å². The maximum Gasteiger partial charge on any atom is 0.254 e. The number of hydrogen-bond acceptors (Lipinski definition) is 4. The number of amides is 2. The Hall–Kier alpha value is -2.25. The molecule has 0 atom stereocenters. The molecular formula is C18H20FN3O2S. The molecule has 1 aliphatic rings. The third kappa shape index (κ3) is 4.64. The molecule has 0 aliphatic carbocycles. The molecule has 0 spiro atoms. The summed E-state index contributed by atoms with van der Waals surface area (Å²) in [6.07, 6.45) is 0.808. The molecule has 2 heterocycles. The van der Waals surface area contributed by atoms with E-state index in [0.29, 0.717) is 19.6 Å². The van der Waals surface area contributed by atoms with Crippen LogP contribution in [0.25, 0.3) is 0 Å². The number of nitrogens with zero attached hydrogens (tertiary/aromatic N) is 2. The summed E-state index contributed by atoms with van der Waals surface area (Å²) in [5, 5.41) is 6.35. The van der Waals surface area contributed by atoms with E-state index in [1.807, 2.05) is 26.6 Å². The van der Waals surface area contributed by atoms with Gasteiger partial charge in [-0.2, -0.15) is 11.3 Å². The highest BCUT2D eigenvalue weighted by Crippen LogP contribution is 2.14. The van der Waals surface area contributed by atoms with Gasteiger partial charge in [0.1, 0.15) is 5.82 Å². The summed E-state index contributed by atoms with van der Waals surface area (Å²) in [4.78, 5) is 28.4. The molecule has 0 unspecified atom stereocenters. The smallest absolute Gasteiger partial charge is 0.254 e. The molecule has 3 rings (SSSR count). The van der Waals surface area contributed by atoms with E-state index in [2.05, 4.69) is 5.32 Å². The molecule has 0 bridgehead atoms. The minimum absolute atomic E-state index is 0.0407. The Bertz CT molecular complexity index is 736. The van der Waals surface area contributed by atoms with E-state index in [1.54, 1.807) is 12.1 Å². The molecule has 1 aliphatic heterocycles. The quantitative estimate of drug-likeness (QED) is 0.911. The summed E-state index contributed by atoms with van der Waals surface area (Å²) in [5.74, 6) is -0.652. The number of anilines is 1. The molecule has 25 heavy (non-hydrogen) atoms. The number of thiophene rings is 1. The van der Waals surface area contributed by atoms with E-state index in [4.69, 9.17) is 0 Å². The largest absolute Gasteiger partial charge is 0.337 e. The van der Waals surface area contributed by atoms with Crippen LogP contribution < -0.4 is 5.32 Å². The summed E-state index contributed by atoms with van der Waals surface area (Å²) in [6, 6.07) is 7.95. The van der Waals surface area contributed by atoms with Gasteiger partial charge in [0.25, 0.3) is 5.91 Å². The van der Waals surface area contributed by atoms with Crippen LogP contribution in [0.15, 0.2) is 41.1 Å². The van der Waals surface area contributed by atoms with Crippen LogP contribution in [0.1, 0.15) is 16.8 Å². The molecule has 1 fully saturated rings. The Balaban J connectivity index is 1.52. The predicted molar refractivity (Wildman–Crippen MR) is 96.3 cm³/mol. The zero-order valence-electron chi connectivity index (χ0n) is 13.8. The fourth-order valence-corrected chi connectivity index (χ4v) is 3.49. The molecule has 1 aromatic heterocycles. The van der Waals surface area contributed by atoms with Crippen LogP contribution in [-0.4, -0.2) is 54.3 Å². The fraction of sp³-hybridized carbons (Fsp3) is 0.333. The topological polar surface area (TPSA) is 52.7 Å². The molecule has 132 valence electrons. The average Bonchev–Trinajstić information content (AvgIpc) is 3.04. The van der Waals surface area contributed by atoms with Crippen molar-refractivity contribution in [3.63, 3.8) is 0 Å². The lowest BCUT2D eigenvalue weighted by Gasteiger charge is -2.21. The molecular weight excluding hydrogens is 341 g/mol. The zero-order valence-corrected chi connectivity index (χ0v) is 14.6. The van der Waals surface area contributed by atoms with Gasteiger partial charge in [-0.05, 0) is 30.0 Å². The van der Waals surface area contributed by atoms with Crippen LogP contribution in [0.2, 0.25) is 0 Å². The van der Waals surface area contributed by atoms with Crippen LogP contribution in [0, 0.1) is 5.82 Å². The number of carbonyl (C=O) groups excluding carboxylic acids is 2. The number of carbonyl (C=O) groups is 2. The monoisotopic (exact) mass is 361 g/mol. The van der Waals surface area contributed by atoms with Gasteiger partial charge in [-0.3, -0.25) is 14.5 Å². The van der Waals surface area contributed by atoms with Crippen LogP contribution >= 0.6 is 11.3 Å². The summed E-state index contributed by atoms with van der Waals surface area (Å²) in [6.45, 7) is 2.81. The van der Waals surface area contributed by atoms with Crippen molar-refractivity contribution in [3.05, 3.63) is 52.5 Å². The Kier molecular flexibility index (Phi) is 5.78. The minimum atomic E-state index is -0.445. The van der Waals surface area contributed by atoms with Gasteiger partial charge >= 0.3 is 0 Å². The first-order chi connectivity index (χ1) is 12.1. The van der Waals surface area contributed by atoms with Gasteiger partial charge < -0.3 is 10.2 Å². The summed E-state index contributed by atoms with van der Waals surface area (Å²) >= 11 is 1.51. The van der Waals surface area contributed by atoms with Gasteiger partial charge in [0.05, 0.1) is 17.8 Å². The Morgan fingerprint density at radius 2 is 1.96 bits per heavy atom. The number of halogens is 1. The van der Waals surface area contributed by atoms with Gasteiger partial charge in [0.15, 0.2) is 0 Å². The molecule has 5 nitrogen and oxygen atoms in total. The van der Waals surface area contributed by atoms with E-state index in [1.165, 1.54) is 23.5 Å². The first kappa shape index (κ1) is 17.6. The normalized spacial score (nSPS) is 15.6. The summed E-state index contributed by atoms with van der Waals surface area (Å²) < 4.78 is 13.6. The van der Waals surface area contributed by atoms with E-state index >= 15 is 0 Å². The number of para-hydroxylation sites is 1. The van der Waals surface area contributed by atoms with Crippen molar-refractivity contribution in [2.45, 2.75) is 6.42 Å². The molecule has 1 N–H and O–H groups in total. The first-order valence-electron chi connectivity index (χ1n) is 8.21. The Morgan fingerprint density at radius 1 is 1.12 bits per heavy atom. The number of hydrogen-bond donors (Lipinski definition) is 1. The van der Waals surface area contributed by atoms with Gasteiger partial charge in [0.2, 0.25) is 5.91 Å². The second-order valence-corrected chi connectivity index (χ2v) is 6.74. The SMILES string of the molecule is O=C(CN1CCCN(C(=O)c2ccsc2)CC1)Nc1ccccc1F. The number of benzene rings is 1. The highest BCUT2D eigenvalue weighted by molar-refractivity contribution is 7.08. The minimum Gasteiger partial charge on any atom is -0.337 e. The van der Waals surface area contributed by atoms with Crippen LogP contribution in [0.3, 0.4) is 0 Å². The van der Waals surface area contributed by atoms with E-state index < -0.39 is 5.82 Å². The standard InChI is InChI=1S/C18H20FN3O2S/c19-15-4-1-2-5-16(15)20-17(23)12-21-7-3-8-22(10-9-21)18(24)14-6-11-25-13-14/h1-2,4-6,11,13H,3,7-10,12H2,(H,20,23). The highest BCUT2D eigenvalue weighted by Gasteiger charge is 2.21. The van der Waals surface area contributed by atoms with Gasteiger partial charge in [0, 0.05) is 31.6 Å². The van der Waals surface area contributed by atoms with Crippen molar-refractivity contribution < 1.29 is 14.0 Å². The van der Waals surface area contributed by atoms with E-state index in [-0.39, 0.29) is 24.0 Å². The van der Waals surface area contributed by atoms with E-state index in [9.17, 15) is 14.0 Å². The van der Waals surface area contributed by atoms with E-state index in [0.717, 1.165) is 18.5 Å². The molecule has 7 heteroatoms. The van der Waals surface area contributed by atoms with Crippen molar-refractivity contribution >= 4 is 28.8 Å². The third-order valence-corrected chi connectivity index (χ3v) is 4.84. The molecule has 2 aromatic rings. The maximum atomic E-state index is 13.6. The molecule has 0 radical (unpaired) electrons. The summed E-state index contributed by atoms with van der Waals surface area (Å²) in [7, 11) is 0. The van der Waals surface area contributed by atoms with Crippen molar-refractivity contribution in [1.82, 2.24) is 9.80 Å². The lowest BCUT2D eigenvalue weighted by molar-refractivity contribution is -0.117. The van der Waals surface area contributed by atoms with Crippen molar-refractivity contribution in [1.29, 1.82) is 0 Å². The predicted octanol–water partition coefficient (Wildman–Crippen LogP) is 2.67. The van der Waals surface area contributed by atoms with Gasteiger partial charge in [-0.1, -0.05) is 12.1 Å². The fourth-order valence-electron chi connectivity index (χ4n) is 2.86. The average molecular weight is 361 g/mol. The highest BCUT2D eigenvalue weighted by atomic mass is 32.1. The van der Waals surface area contributed by atoms with Crippen LogP contribution in [0.5, 0.6) is 0 Å². The van der Waals surface area contributed by atoms with Crippen LogP contribution in [-0.2, 0) is 4.79 Å². The second-order valence-electron chi connectivity index (χ2n) is 5.96. The molecule has 1 aromatic carbocycles.